The molecule has 0 saturated heterocycles. The highest BCUT2D eigenvalue weighted by Gasteiger charge is 2.33. The Morgan fingerprint density at radius 3 is 2.47 bits per heavy atom. The molecule has 0 spiro atoms. The number of halogens is 3. The Morgan fingerprint density at radius 2 is 1.82 bits per heavy atom. The Bertz CT molecular complexity index is 1330. The molecule has 1 aliphatic heterocycles. The molecule has 3 aromatic heterocycles. The van der Waals surface area contributed by atoms with Crippen molar-refractivity contribution < 1.29 is 17.9 Å². The fraction of sp³-hybridized carbons (Fsp3) is 0.304. The normalized spacial score (nSPS) is 16.5. The third kappa shape index (κ3) is 3.92. The van der Waals surface area contributed by atoms with Gasteiger partial charge in [0.2, 0.25) is 5.88 Å². The van der Waals surface area contributed by atoms with Gasteiger partial charge in [0.05, 0.1) is 30.8 Å². The van der Waals surface area contributed by atoms with E-state index in [-0.39, 0.29) is 6.04 Å². The zero-order valence-corrected chi connectivity index (χ0v) is 18.8. The lowest BCUT2D eigenvalue weighted by Gasteiger charge is -2.32. The minimum absolute atomic E-state index is 0.329. The largest absolute Gasteiger partial charge is 0.480 e. The van der Waals surface area contributed by atoms with Crippen LogP contribution in [0.25, 0.3) is 22.9 Å². The highest BCUT2D eigenvalue weighted by Crippen LogP contribution is 2.35. The summed E-state index contributed by atoms with van der Waals surface area (Å²) >= 11 is 0. The number of likely N-dealkylation sites (N-methyl/N-ethyl adjacent to an activating group) is 1. The van der Waals surface area contributed by atoms with Gasteiger partial charge in [-0.3, -0.25) is 4.90 Å². The van der Waals surface area contributed by atoms with E-state index >= 15 is 0 Å². The zero-order chi connectivity index (χ0) is 24.0. The van der Waals surface area contributed by atoms with Crippen LogP contribution in [0.4, 0.5) is 13.2 Å². The third-order valence-electron chi connectivity index (χ3n) is 5.84. The molecule has 0 bridgehead atoms. The van der Waals surface area contributed by atoms with Crippen LogP contribution in [0.15, 0.2) is 42.6 Å². The van der Waals surface area contributed by atoms with Crippen LogP contribution in [0.1, 0.15) is 28.7 Å². The van der Waals surface area contributed by atoms with Crippen molar-refractivity contribution in [2.24, 2.45) is 0 Å². The van der Waals surface area contributed by atoms with Crippen LogP contribution < -0.4 is 4.74 Å². The quantitative estimate of drug-likeness (QED) is 0.485. The smallest absolute Gasteiger partial charge is 0.416 e. The predicted octanol–water partition coefficient (Wildman–Crippen LogP) is 4.10. The van der Waals surface area contributed by atoms with E-state index in [1.54, 1.807) is 16.9 Å². The van der Waals surface area contributed by atoms with Gasteiger partial charge in [-0.15, -0.1) is 5.10 Å². The predicted molar refractivity (Wildman–Crippen MR) is 118 cm³/mol. The summed E-state index contributed by atoms with van der Waals surface area (Å²) in [5.74, 6) is 2.10. The number of aryl methyl sites for hydroxylation is 1. The van der Waals surface area contributed by atoms with Crippen molar-refractivity contribution in [3.05, 3.63) is 65.2 Å². The first kappa shape index (κ1) is 22.1. The minimum Gasteiger partial charge on any atom is -0.480 e. The fourth-order valence-electron chi connectivity index (χ4n) is 4.12. The van der Waals surface area contributed by atoms with E-state index < -0.39 is 11.7 Å². The SMILES string of the molecule is COc1nc(-c2nc3n(n2)CCN(C)C3c2ccc(C(F)(F)F)cc2)ccc1-c1ncc(C)[nH]1. The van der Waals surface area contributed by atoms with Gasteiger partial charge in [-0.2, -0.15) is 13.2 Å². The van der Waals surface area contributed by atoms with Gasteiger partial charge in [0.15, 0.2) is 5.82 Å². The summed E-state index contributed by atoms with van der Waals surface area (Å²) in [7, 11) is 3.45. The van der Waals surface area contributed by atoms with Gasteiger partial charge in [-0.1, -0.05) is 12.1 Å². The number of aromatic amines is 1. The molecule has 1 atom stereocenters. The van der Waals surface area contributed by atoms with Crippen molar-refractivity contribution in [3.8, 4) is 28.8 Å². The van der Waals surface area contributed by atoms with Crippen molar-refractivity contribution in [2.75, 3.05) is 20.7 Å². The first-order chi connectivity index (χ1) is 16.2. The van der Waals surface area contributed by atoms with E-state index in [2.05, 4.69) is 20.1 Å². The fourth-order valence-corrected chi connectivity index (χ4v) is 4.12. The summed E-state index contributed by atoms with van der Waals surface area (Å²) in [5, 5.41) is 4.63. The van der Waals surface area contributed by atoms with Crippen LogP contribution in [0.5, 0.6) is 5.88 Å². The molecule has 11 heteroatoms. The number of benzene rings is 1. The second-order valence-corrected chi connectivity index (χ2v) is 8.19. The van der Waals surface area contributed by atoms with Crippen LogP contribution in [0.2, 0.25) is 0 Å². The molecular formula is C23H22F3N7O. The highest BCUT2D eigenvalue weighted by atomic mass is 19.4. The third-order valence-corrected chi connectivity index (χ3v) is 5.84. The average molecular weight is 469 g/mol. The summed E-state index contributed by atoms with van der Waals surface area (Å²) in [6, 6.07) is 8.50. The van der Waals surface area contributed by atoms with E-state index in [0.29, 0.717) is 53.3 Å². The van der Waals surface area contributed by atoms with E-state index in [1.807, 2.05) is 24.9 Å². The summed E-state index contributed by atoms with van der Waals surface area (Å²) < 4.78 is 46.3. The number of fused-ring (bicyclic) bond motifs is 1. The number of nitrogens with one attached hydrogen (secondary N) is 1. The van der Waals surface area contributed by atoms with E-state index in [9.17, 15) is 13.2 Å². The minimum atomic E-state index is -4.38. The summed E-state index contributed by atoms with van der Waals surface area (Å²) in [4.78, 5) is 18.9. The number of nitrogens with zero attached hydrogens (tertiary/aromatic N) is 6. The van der Waals surface area contributed by atoms with Crippen LogP contribution in [-0.2, 0) is 12.7 Å². The number of ether oxygens (including phenoxy) is 1. The van der Waals surface area contributed by atoms with Gasteiger partial charge in [0.25, 0.3) is 0 Å². The van der Waals surface area contributed by atoms with Crippen LogP contribution in [-0.4, -0.2) is 55.3 Å². The molecule has 1 unspecified atom stereocenters. The number of alkyl halides is 3. The zero-order valence-electron chi connectivity index (χ0n) is 18.8. The van der Waals surface area contributed by atoms with Crippen molar-refractivity contribution in [1.29, 1.82) is 0 Å². The Kier molecular flexibility index (Phi) is 5.35. The molecule has 5 rings (SSSR count). The first-order valence-corrected chi connectivity index (χ1v) is 10.6. The van der Waals surface area contributed by atoms with Crippen LogP contribution in [0.3, 0.4) is 0 Å². The maximum absolute atomic E-state index is 13.0. The van der Waals surface area contributed by atoms with Gasteiger partial charge in [0.1, 0.15) is 17.3 Å². The van der Waals surface area contributed by atoms with Crippen molar-refractivity contribution in [2.45, 2.75) is 25.7 Å². The number of rotatable bonds is 4. The van der Waals surface area contributed by atoms with Gasteiger partial charge in [-0.25, -0.2) is 19.6 Å². The van der Waals surface area contributed by atoms with Crippen molar-refractivity contribution >= 4 is 0 Å². The van der Waals surface area contributed by atoms with Gasteiger partial charge in [0, 0.05) is 18.4 Å². The van der Waals surface area contributed by atoms with Gasteiger partial charge >= 0.3 is 6.18 Å². The van der Waals surface area contributed by atoms with Gasteiger partial charge < -0.3 is 9.72 Å². The molecule has 0 saturated carbocycles. The molecule has 4 heterocycles. The summed E-state index contributed by atoms with van der Waals surface area (Å²) in [6.45, 7) is 3.19. The lowest BCUT2D eigenvalue weighted by atomic mass is 10.0. The molecule has 176 valence electrons. The number of hydrogen-bond donors (Lipinski definition) is 1. The second kappa shape index (κ2) is 8.24. The Morgan fingerprint density at radius 1 is 1.06 bits per heavy atom. The molecule has 1 aromatic carbocycles. The van der Waals surface area contributed by atoms with Gasteiger partial charge in [-0.05, 0) is 43.8 Å². The van der Waals surface area contributed by atoms with Crippen molar-refractivity contribution in [3.63, 3.8) is 0 Å². The molecule has 4 aromatic rings. The molecule has 0 aliphatic carbocycles. The molecule has 8 nitrogen and oxygen atoms in total. The molecule has 0 radical (unpaired) electrons. The Balaban J connectivity index is 1.51. The molecule has 1 aliphatic rings. The number of hydrogen-bond acceptors (Lipinski definition) is 6. The monoisotopic (exact) mass is 469 g/mol. The topological polar surface area (TPSA) is 84.8 Å². The molecular weight excluding hydrogens is 447 g/mol. The molecule has 1 N–H and O–H groups in total. The summed E-state index contributed by atoms with van der Waals surface area (Å²) in [6.07, 6.45) is -2.65. The van der Waals surface area contributed by atoms with Crippen LogP contribution in [0, 0.1) is 6.92 Å². The first-order valence-electron chi connectivity index (χ1n) is 10.6. The highest BCUT2D eigenvalue weighted by molar-refractivity contribution is 5.65. The number of aromatic nitrogens is 6. The lowest BCUT2D eigenvalue weighted by molar-refractivity contribution is -0.137. The van der Waals surface area contributed by atoms with Crippen LogP contribution >= 0.6 is 0 Å². The standard InChI is InChI=1S/C23H22F3N7O/c1-13-12-27-19(28-13)16-8-9-17(29-22(16)34-3)20-30-21-18(32(2)10-11-33(21)31-20)14-4-6-15(7-5-14)23(24,25)26/h4-9,12,18H,10-11H2,1-3H3,(H,27,28). The lowest BCUT2D eigenvalue weighted by Crippen LogP contribution is -2.36. The average Bonchev–Trinajstić information content (AvgIpc) is 3.44. The Labute approximate surface area is 193 Å². The maximum atomic E-state index is 13.0. The second-order valence-electron chi connectivity index (χ2n) is 8.19. The number of H-pyrrole nitrogens is 1. The van der Waals surface area contributed by atoms with Crippen molar-refractivity contribution in [1.82, 2.24) is 34.6 Å². The molecule has 0 fully saturated rings. The van der Waals surface area contributed by atoms with E-state index in [0.717, 1.165) is 17.8 Å². The number of imidazole rings is 1. The summed E-state index contributed by atoms with van der Waals surface area (Å²) in [5.41, 5.74) is 2.19. The molecule has 34 heavy (non-hydrogen) atoms. The number of methoxy groups -OCH3 is 1. The Hall–Kier alpha value is -3.73. The number of pyridine rings is 1. The van der Waals surface area contributed by atoms with E-state index in [4.69, 9.17) is 9.72 Å². The molecule has 0 amide bonds. The maximum Gasteiger partial charge on any atom is 0.416 e. The van der Waals surface area contributed by atoms with E-state index in [1.165, 1.54) is 19.2 Å².